The molecule has 3 heteroatoms. The molecule has 0 spiro atoms. The van der Waals surface area contributed by atoms with E-state index in [0.717, 1.165) is 5.56 Å². The molecule has 3 nitrogen and oxygen atoms in total. The Morgan fingerprint density at radius 3 is 2.62 bits per heavy atom. The van der Waals surface area contributed by atoms with Crippen LogP contribution in [0.4, 0.5) is 0 Å². The molecule has 0 aliphatic carbocycles. The molecule has 3 rings (SSSR count). The van der Waals surface area contributed by atoms with Crippen LogP contribution in [0.2, 0.25) is 0 Å². The summed E-state index contributed by atoms with van der Waals surface area (Å²) < 4.78 is 0. The Balaban J connectivity index is 1.80. The number of hydrogen-bond donors (Lipinski definition) is 1. The second kappa shape index (κ2) is 5.75. The number of aromatic nitrogens is 1. The summed E-state index contributed by atoms with van der Waals surface area (Å²) in [7, 11) is 0. The summed E-state index contributed by atoms with van der Waals surface area (Å²) in [6, 6.07) is 17.9. The van der Waals surface area contributed by atoms with E-state index in [9.17, 15) is 4.79 Å². The van der Waals surface area contributed by atoms with Gasteiger partial charge in [0, 0.05) is 12.4 Å². The molecule has 2 aromatic carbocycles. The zero-order chi connectivity index (χ0) is 14.7. The number of amides is 1. The van der Waals surface area contributed by atoms with Crippen molar-refractivity contribution < 1.29 is 4.79 Å². The molecule has 3 aromatic rings. The molecule has 1 heterocycles. The lowest BCUT2D eigenvalue weighted by Gasteiger charge is -2.15. The van der Waals surface area contributed by atoms with Gasteiger partial charge in [-0.05, 0) is 41.5 Å². The summed E-state index contributed by atoms with van der Waals surface area (Å²) in [5.74, 6) is -0.108. The van der Waals surface area contributed by atoms with Gasteiger partial charge in [0.05, 0.1) is 11.6 Å². The van der Waals surface area contributed by atoms with Gasteiger partial charge in [0.25, 0.3) is 5.91 Å². The average molecular weight is 276 g/mol. The molecule has 1 amide bonds. The lowest BCUT2D eigenvalue weighted by molar-refractivity contribution is 0.0939. The molecule has 1 aromatic heterocycles. The monoisotopic (exact) mass is 276 g/mol. The fraction of sp³-hybridized carbons (Fsp3) is 0.111. The molecule has 0 fully saturated rings. The van der Waals surface area contributed by atoms with Crippen LogP contribution in [-0.2, 0) is 0 Å². The Bertz CT molecular complexity index is 768. The van der Waals surface area contributed by atoms with Crippen molar-refractivity contribution in [2.24, 2.45) is 0 Å². The fourth-order valence-electron chi connectivity index (χ4n) is 2.34. The van der Waals surface area contributed by atoms with Gasteiger partial charge in [-0.3, -0.25) is 9.78 Å². The predicted octanol–water partition coefficient (Wildman–Crippen LogP) is 3.73. The third kappa shape index (κ3) is 2.92. The minimum Gasteiger partial charge on any atom is -0.345 e. The lowest BCUT2D eigenvalue weighted by Crippen LogP contribution is -2.26. The minimum absolute atomic E-state index is 0.0534. The first-order chi connectivity index (χ1) is 10.2. The Hall–Kier alpha value is -2.68. The van der Waals surface area contributed by atoms with Gasteiger partial charge in [0.15, 0.2) is 0 Å². The summed E-state index contributed by atoms with van der Waals surface area (Å²) >= 11 is 0. The van der Waals surface area contributed by atoms with Crippen LogP contribution in [0.15, 0.2) is 67.0 Å². The van der Waals surface area contributed by atoms with E-state index in [1.165, 1.54) is 10.8 Å². The molecule has 1 unspecified atom stereocenters. The van der Waals surface area contributed by atoms with Gasteiger partial charge in [0.2, 0.25) is 0 Å². The van der Waals surface area contributed by atoms with Crippen LogP contribution in [0.3, 0.4) is 0 Å². The quantitative estimate of drug-likeness (QED) is 0.792. The lowest BCUT2D eigenvalue weighted by atomic mass is 10.0. The molecule has 21 heavy (non-hydrogen) atoms. The molecule has 1 atom stereocenters. The second-order valence-corrected chi connectivity index (χ2v) is 5.04. The number of pyridine rings is 1. The zero-order valence-electron chi connectivity index (χ0n) is 11.8. The number of benzene rings is 2. The van der Waals surface area contributed by atoms with E-state index in [1.54, 1.807) is 24.5 Å². The predicted molar refractivity (Wildman–Crippen MR) is 84.1 cm³/mol. The van der Waals surface area contributed by atoms with Gasteiger partial charge in [-0.2, -0.15) is 0 Å². The highest BCUT2D eigenvalue weighted by molar-refractivity contribution is 5.94. The molecule has 0 radical (unpaired) electrons. The Kier molecular flexibility index (Phi) is 3.65. The van der Waals surface area contributed by atoms with Gasteiger partial charge < -0.3 is 5.32 Å². The normalized spacial score (nSPS) is 12.0. The van der Waals surface area contributed by atoms with Crippen LogP contribution in [0.1, 0.15) is 28.9 Å². The Labute approximate surface area is 123 Å². The van der Waals surface area contributed by atoms with Gasteiger partial charge >= 0.3 is 0 Å². The Morgan fingerprint density at radius 2 is 1.86 bits per heavy atom. The maximum absolute atomic E-state index is 12.1. The molecule has 0 aliphatic rings. The average Bonchev–Trinajstić information content (AvgIpc) is 2.55. The van der Waals surface area contributed by atoms with Gasteiger partial charge in [-0.25, -0.2) is 0 Å². The van der Waals surface area contributed by atoms with Crippen molar-refractivity contribution in [1.29, 1.82) is 0 Å². The minimum atomic E-state index is -0.108. The van der Waals surface area contributed by atoms with Crippen LogP contribution in [0.25, 0.3) is 10.8 Å². The largest absolute Gasteiger partial charge is 0.345 e. The van der Waals surface area contributed by atoms with E-state index >= 15 is 0 Å². The fourth-order valence-corrected chi connectivity index (χ4v) is 2.34. The van der Waals surface area contributed by atoms with Crippen molar-refractivity contribution in [1.82, 2.24) is 10.3 Å². The molecule has 0 saturated carbocycles. The Morgan fingerprint density at radius 1 is 1.05 bits per heavy atom. The standard InChI is InChI=1S/C18H16N2O/c1-13(20-18(21)17-7-4-10-19-12-17)15-9-8-14-5-2-3-6-16(14)11-15/h2-13H,1H3,(H,20,21). The number of nitrogens with zero attached hydrogens (tertiary/aromatic N) is 1. The van der Waals surface area contributed by atoms with Crippen LogP contribution in [0.5, 0.6) is 0 Å². The summed E-state index contributed by atoms with van der Waals surface area (Å²) in [5, 5.41) is 5.38. The number of carbonyl (C=O) groups is 1. The van der Waals surface area contributed by atoms with E-state index in [0.29, 0.717) is 5.56 Å². The number of hydrogen-bond acceptors (Lipinski definition) is 2. The molecule has 1 N–H and O–H groups in total. The topological polar surface area (TPSA) is 42.0 Å². The first-order valence-electron chi connectivity index (χ1n) is 6.93. The van der Waals surface area contributed by atoms with E-state index < -0.39 is 0 Å². The van der Waals surface area contributed by atoms with E-state index in [1.807, 2.05) is 19.1 Å². The van der Waals surface area contributed by atoms with Gasteiger partial charge in [0.1, 0.15) is 0 Å². The number of fused-ring (bicyclic) bond motifs is 1. The highest BCUT2D eigenvalue weighted by Gasteiger charge is 2.11. The number of nitrogens with one attached hydrogen (secondary N) is 1. The zero-order valence-corrected chi connectivity index (χ0v) is 11.8. The van der Waals surface area contributed by atoms with Gasteiger partial charge in [-0.15, -0.1) is 0 Å². The van der Waals surface area contributed by atoms with Crippen molar-refractivity contribution in [2.45, 2.75) is 13.0 Å². The maximum Gasteiger partial charge on any atom is 0.253 e. The number of carbonyl (C=O) groups excluding carboxylic acids is 1. The summed E-state index contributed by atoms with van der Waals surface area (Å²) in [6.07, 6.45) is 3.23. The van der Waals surface area contributed by atoms with Crippen LogP contribution >= 0.6 is 0 Å². The second-order valence-electron chi connectivity index (χ2n) is 5.04. The van der Waals surface area contributed by atoms with Crippen LogP contribution < -0.4 is 5.32 Å². The molecule has 0 bridgehead atoms. The summed E-state index contributed by atoms with van der Waals surface area (Å²) in [4.78, 5) is 16.1. The summed E-state index contributed by atoms with van der Waals surface area (Å²) in [5.41, 5.74) is 1.66. The highest BCUT2D eigenvalue weighted by Crippen LogP contribution is 2.20. The smallest absolute Gasteiger partial charge is 0.253 e. The van der Waals surface area contributed by atoms with E-state index in [4.69, 9.17) is 0 Å². The van der Waals surface area contributed by atoms with Crippen molar-refractivity contribution in [3.63, 3.8) is 0 Å². The summed E-state index contributed by atoms with van der Waals surface area (Å²) in [6.45, 7) is 1.98. The van der Waals surface area contributed by atoms with Crippen LogP contribution in [0, 0.1) is 0 Å². The van der Waals surface area contributed by atoms with Crippen molar-refractivity contribution in [3.8, 4) is 0 Å². The molecular weight excluding hydrogens is 260 g/mol. The third-order valence-electron chi connectivity index (χ3n) is 3.54. The maximum atomic E-state index is 12.1. The van der Waals surface area contributed by atoms with E-state index in [-0.39, 0.29) is 11.9 Å². The molecule has 104 valence electrons. The first-order valence-corrected chi connectivity index (χ1v) is 6.93. The molecule has 0 aliphatic heterocycles. The molecular formula is C18H16N2O. The van der Waals surface area contributed by atoms with Crippen molar-refractivity contribution >= 4 is 16.7 Å². The highest BCUT2D eigenvalue weighted by atomic mass is 16.1. The van der Waals surface area contributed by atoms with Gasteiger partial charge in [-0.1, -0.05) is 36.4 Å². The number of rotatable bonds is 3. The molecule has 0 saturated heterocycles. The van der Waals surface area contributed by atoms with Crippen molar-refractivity contribution in [3.05, 3.63) is 78.1 Å². The van der Waals surface area contributed by atoms with E-state index in [2.05, 4.69) is 40.6 Å². The SMILES string of the molecule is CC(NC(=O)c1cccnc1)c1ccc2ccccc2c1. The van der Waals surface area contributed by atoms with Crippen LogP contribution in [-0.4, -0.2) is 10.9 Å². The third-order valence-corrected chi connectivity index (χ3v) is 3.54. The van der Waals surface area contributed by atoms with Crippen molar-refractivity contribution in [2.75, 3.05) is 0 Å². The first kappa shape index (κ1) is 13.3.